The van der Waals surface area contributed by atoms with Gasteiger partial charge in [0.15, 0.2) is 10.8 Å². The van der Waals surface area contributed by atoms with Gasteiger partial charge < -0.3 is 5.32 Å². The Labute approximate surface area is 108 Å². The van der Waals surface area contributed by atoms with Crippen LogP contribution in [0.2, 0.25) is 0 Å². The van der Waals surface area contributed by atoms with E-state index in [4.69, 9.17) is 0 Å². The molecule has 4 aliphatic heterocycles. The molecular formula is C9H17BrN7+. The third-order valence-electron chi connectivity index (χ3n) is 3.78. The van der Waals surface area contributed by atoms with E-state index in [2.05, 4.69) is 47.6 Å². The summed E-state index contributed by atoms with van der Waals surface area (Å²) in [5, 5.41) is 17.6. The Kier molecular flexibility index (Phi) is 2.36. The number of hydrogen-bond donors (Lipinski definition) is 6. The van der Waals surface area contributed by atoms with Crippen LogP contribution in [0.1, 0.15) is 0 Å². The molecule has 3 fully saturated rings. The molecule has 0 aromatic heterocycles. The minimum absolute atomic E-state index is 0.285. The third-order valence-corrected chi connectivity index (χ3v) is 4.59. The summed E-state index contributed by atoms with van der Waals surface area (Å²) in [5.74, 6) is 0. The molecule has 94 valence electrons. The van der Waals surface area contributed by atoms with Gasteiger partial charge in [-0.3, -0.25) is 16.0 Å². The highest BCUT2D eigenvalue weighted by Crippen LogP contribution is 2.25. The van der Waals surface area contributed by atoms with Gasteiger partial charge in [0.05, 0.1) is 0 Å². The molecule has 4 aliphatic rings. The highest BCUT2D eigenvalue weighted by molar-refractivity contribution is 9.11. The fourth-order valence-corrected chi connectivity index (χ4v) is 3.83. The minimum Gasteiger partial charge on any atom is -0.379 e. The fourth-order valence-electron chi connectivity index (χ4n) is 3.05. The van der Waals surface area contributed by atoms with Crippen molar-refractivity contribution in [2.24, 2.45) is 0 Å². The molecule has 8 heteroatoms. The second-order valence-corrected chi connectivity index (χ2v) is 5.50. The molecule has 17 heavy (non-hydrogen) atoms. The summed E-state index contributed by atoms with van der Waals surface area (Å²) in [6.07, 6.45) is 0.888. The zero-order chi connectivity index (χ0) is 11.4. The molecule has 0 aromatic rings. The van der Waals surface area contributed by atoms with Crippen LogP contribution in [0.15, 0.2) is 10.3 Å². The first-order valence-electron chi connectivity index (χ1n) is 6.12. The maximum Gasteiger partial charge on any atom is 0.226 e. The Bertz CT molecular complexity index is 372. The van der Waals surface area contributed by atoms with Gasteiger partial charge in [-0.2, -0.15) is 5.01 Å². The standard InChI is InChI=1S/C9H16BrN7/c10-6-5-8(13-3-1-11-5)17-15-7-9(16(6)17)14-4-2-12-7/h7-9,11-15H,1-4H2/p+1. The fraction of sp³-hybridized carbons (Fsp3) is 0.778. The highest BCUT2D eigenvalue weighted by atomic mass is 79.9. The monoisotopic (exact) mass is 302 g/mol. The molecule has 3 saturated heterocycles. The summed E-state index contributed by atoms with van der Waals surface area (Å²) in [7, 11) is 0. The maximum absolute atomic E-state index is 3.72. The number of fused-ring (bicyclic) bond motifs is 5. The molecule has 4 unspecified atom stereocenters. The van der Waals surface area contributed by atoms with Crippen molar-refractivity contribution >= 4 is 15.9 Å². The summed E-state index contributed by atoms with van der Waals surface area (Å²) < 4.78 is 1.15. The van der Waals surface area contributed by atoms with Crippen molar-refractivity contribution in [2.45, 2.75) is 18.5 Å². The first kappa shape index (κ1) is 10.5. The molecular weight excluding hydrogens is 286 g/mol. The molecule has 0 saturated carbocycles. The van der Waals surface area contributed by atoms with Gasteiger partial charge in [0.2, 0.25) is 6.17 Å². The number of quaternary nitrogens is 1. The number of nitrogens with zero attached hydrogens (tertiary/aromatic N) is 1. The van der Waals surface area contributed by atoms with Gasteiger partial charge in [-0.1, -0.05) is 0 Å². The van der Waals surface area contributed by atoms with Crippen LogP contribution in [0, 0.1) is 0 Å². The summed E-state index contributed by atoms with van der Waals surface area (Å²) in [6, 6.07) is 0. The lowest BCUT2D eigenvalue weighted by atomic mass is 10.3. The molecule has 4 heterocycles. The Morgan fingerprint density at radius 1 is 1.12 bits per heavy atom. The van der Waals surface area contributed by atoms with Crippen molar-refractivity contribution in [3.8, 4) is 0 Å². The van der Waals surface area contributed by atoms with E-state index in [1.165, 1.54) is 10.8 Å². The molecule has 0 aromatic carbocycles. The number of nitrogens with one attached hydrogen (secondary N) is 6. The van der Waals surface area contributed by atoms with Gasteiger partial charge in [-0.25, -0.2) is 0 Å². The number of hydrogen-bond acceptors (Lipinski definition) is 6. The minimum atomic E-state index is 0.285. The van der Waals surface area contributed by atoms with Crippen molar-refractivity contribution in [1.29, 1.82) is 0 Å². The molecule has 7 nitrogen and oxygen atoms in total. The van der Waals surface area contributed by atoms with Crippen molar-refractivity contribution in [3.05, 3.63) is 10.3 Å². The number of halogens is 1. The van der Waals surface area contributed by atoms with Crippen molar-refractivity contribution in [2.75, 3.05) is 26.2 Å². The summed E-state index contributed by atoms with van der Waals surface area (Å²) in [5.41, 5.74) is 4.83. The van der Waals surface area contributed by atoms with Crippen LogP contribution in [0.4, 0.5) is 0 Å². The van der Waals surface area contributed by atoms with Crippen LogP contribution in [-0.2, 0) is 0 Å². The molecule has 4 rings (SSSR count). The maximum atomic E-state index is 3.72. The van der Waals surface area contributed by atoms with E-state index in [0.717, 1.165) is 30.8 Å². The van der Waals surface area contributed by atoms with Crippen LogP contribution >= 0.6 is 15.9 Å². The Morgan fingerprint density at radius 2 is 1.94 bits per heavy atom. The third kappa shape index (κ3) is 1.39. The lowest BCUT2D eigenvalue weighted by Crippen LogP contribution is -3.25. The molecule has 0 spiro atoms. The molecule has 6 N–H and O–H groups in total. The summed E-state index contributed by atoms with van der Waals surface area (Å²) >= 11 is 3.72. The molecule has 0 aliphatic carbocycles. The number of rotatable bonds is 0. The normalized spacial score (nSPS) is 44.2. The zero-order valence-electron chi connectivity index (χ0n) is 9.39. The average Bonchev–Trinajstić information content (AvgIpc) is 2.88. The second-order valence-electron chi connectivity index (χ2n) is 4.75. The second kappa shape index (κ2) is 3.81. The molecule has 4 atom stereocenters. The predicted octanol–water partition coefficient (Wildman–Crippen LogP) is -3.45. The van der Waals surface area contributed by atoms with Gasteiger partial charge in [0, 0.05) is 26.2 Å². The van der Waals surface area contributed by atoms with E-state index < -0.39 is 0 Å². The Morgan fingerprint density at radius 3 is 2.88 bits per heavy atom. The van der Waals surface area contributed by atoms with Gasteiger partial charge in [-0.05, 0) is 15.9 Å². The van der Waals surface area contributed by atoms with Crippen LogP contribution in [0.3, 0.4) is 0 Å². The number of piperazine rings is 2. The van der Waals surface area contributed by atoms with Crippen molar-refractivity contribution < 1.29 is 5.12 Å². The first-order valence-corrected chi connectivity index (χ1v) is 6.92. The van der Waals surface area contributed by atoms with Gasteiger partial charge >= 0.3 is 0 Å². The van der Waals surface area contributed by atoms with E-state index in [-0.39, 0.29) is 6.17 Å². The average molecular weight is 303 g/mol. The highest BCUT2D eigenvalue weighted by Gasteiger charge is 2.55. The zero-order valence-corrected chi connectivity index (χ0v) is 11.0. The largest absolute Gasteiger partial charge is 0.379 e. The quantitative estimate of drug-likeness (QED) is 0.262. The van der Waals surface area contributed by atoms with Crippen LogP contribution in [-0.4, -0.2) is 49.7 Å². The van der Waals surface area contributed by atoms with E-state index in [9.17, 15) is 0 Å². The summed E-state index contributed by atoms with van der Waals surface area (Å²) in [6.45, 7) is 4.01. The van der Waals surface area contributed by atoms with Gasteiger partial charge in [0.25, 0.3) is 0 Å². The van der Waals surface area contributed by atoms with Crippen LogP contribution < -0.4 is 31.8 Å². The Balaban J connectivity index is 1.68. The van der Waals surface area contributed by atoms with Crippen LogP contribution in [0.25, 0.3) is 0 Å². The lowest BCUT2D eigenvalue weighted by molar-refractivity contribution is -1.05. The van der Waals surface area contributed by atoms with Gasteiger partial charge in [-0.15, -0.1) is 10.5 Å². The lowest BCUT2D eigenvalue weighted by Gasteiger charge is -2.28. The van der Waals surface area contributed by atoms with Crippen molar-refractivity contribution in [1.82, 2.24) is 31.7 Å². The summed E-state index contributed by atoms with van der Waals surface area (Å²) in [4.78, 5) is 0. The predicted molar refractivity (Wildman–Crippen MR) is 65.3 cm³/mol. The smallest absolute Gasteiger partial charge is 0.226 e. The molecule has 0 radical (unpaired) electrons. The van der Waals surface area contributed by atoms with Crippen molar-refractivity contribution in [3.63, 3.8) is 0 Å². The van der Waals surface area contributed by atoms with E-state index in [0.29, 0.717) is 12.3 Å². The molecule has 0 amide bonds. The van der Waals surface area contributed by atoms with E-state index in [1.54, 1.807) is 0 Å². The first-order chi connectivity index (χ1) is 8.36. The Hall–Kier alpha value is -0.380. The SMILES string of the molecule is BrC1=C2NCCNC2[NH+]2NC3NCCNC3N12. The van der Waals surface area contributed by atoms with E-state index >= 15 is 0 Å². The van der Waals surface area contributed by atoms with Gasteiger partial charge in [0.1, 0.15) is 11.9 Å². The van der Waals surface area contributed by atoms with E-state index in [1.807, 2.05) is 0 Å². The topological polar surface area (TPSA) is 67.8 Å². The van der Waals surface area contributed by atoms with Crippen LogP contribution in [0.5, 0.6) is 0 Å². The molecule has 0 bridgehead atoms.